The van der Waals surface area contributed by atoms with E-state index in [0.29, 0.717) is 6.04 Å². The van der Waals surface area contributed by atoms with E-state index >= 15 is 0 Å². The molecule has 1 aromatic heterocycles. The van der Waals surface area contributed by atoms with Crippen molar-refractivity contribution in [3.8, 4) is 11.8 Å². The van der Waals surface area contributed by atoms with E-state index in [4.69, 9.17) is 27.9 Å². The minimum absolute atomic E-state index is 0.00917. The second-order valence-corrected chi connectivity index (χ2v) is 17.9. The van der Waals surface area contributed by atoms with Crippen molar-refractivity contribution in [1.82, 2.24) is 14.7 Å². The van der Waals surface area contributed by atoms with E-state index in [1.54, 1.807) is 20.2 Å². The molecule has 0 spiro atoms. The average Bonchev–Trinajstić information content (AvgIpc) is 2.99. The van der Waals surface area contributed by atoms with Crippen LogP contribution in [0.2, 0.25) is 35.7 Å². The first-order valence-electron chi connectivity index (χ1n) is 10.0. The lowest BCUT2D eigenvalue weighted by molar-refractivity contribution is 0.167. The number of carbonyl (C=O) groups is 1. The van der Waals surface area contributed by atoms with E-state index in [1.807, 2.05) is 0 Å². The van der Waals surface area contributed by atoms with Crippen LogP contribution < -0.4 is 5.32 Å². The summed E-state index contributed by atoms with van der Waals surface area (Å²) in [5.41, 5.74) is -1.13. The van der Waals surface area contributed by atoms with Crippen molar-refractivity contribution in [3.63, 3.8) is 0 Å². The molecule has 36 heavy (non-hydrogen) atoms. The van der Waals surface area contributed by atoms with Crippen LogP contribution >= 0.6 is 33.4 Å². The summed E-state index contributed by atoms with van der Waals surface area (Å²) in [6.07, 6.45) is 0.306. The van der Waals surface area contributed by atoms with E-state index < -0.39 is 50.7 Å². The molecule has 0 aliphatic heterocycles. The molecule has 1 heterocycles. The van der Waals surface area contributed by atoms with Crippen LogP contribution in [0, 0.1) is 11.3 Å². The van der Waals surface area contributed by atoms with Crippen LogP contribution in [0.1, 0.15) is 5.69 Å². The Morgan fingerprint density at radius 2 is 1.81 bits per heavy atom. The zero-order valence-electron chi connectivity index (χ0n) is 19.8. The summed E-state index contributed by atoms with van der Waals surface area (Å²) >= 11 is 11.9. The molecule has 0 aliphatic rings. The van der Waals surface area contributed by atoms with Crippen LogP contribution in [0.3, 0.4) is 0 Å². The Morgan fingerprint density at radius 1 is 1.25 bits per heavy atom. The maximum absolute atomic E-state index is 13.3. The number of aliphatic imine (C=N–C) groups is 1. The molecule has 0 fully saturated rings. The Balaban J connectivity index is 2.65. The number of benzene rings is 1. The van der Waals surface area contributed by atoms with E-state index in [-0.39, 0.29) is 30.2 Å². The van der Waals surface area contributed by atoms with Crippen LogP contribution in [0.15, 0.2) is 22.0 Å². The lowest BCUT2D eigenvalue weighted by Crippen LogP contribution is -2.24. The maximum Gasteiger partial charge on any atom is 0.411 e. The topological polar surface area (TPSA) is 95.5 Å². The van der Waals surface area contributed by atoms with Crippen LogP contribution in [0.25, 0.3) is 5.69 Å². The Kier molecular flexibility index (Phi) is 7.75. The van der Waals surface area contributed by atoms with E-state index in [2.05, 4.69) is 35.0 Å². The molecule has 0 unspecified atom stereocenters. The quantitative estimate of drug-likeness (QED) is 0.146. The average molecular weight is 593 g/mol. The molecule has 1 amide bonds. The standard InChI is InChI=1S/C19H23Cl2F5N6O2SSi/c1-31(2)11-28-18-16(29-19(33)34-6-7-36(3,4)5)15(10-27)30-32(18)17-13(20)8-12(9-14(17)21)35(22,23,24,25)26/h8-9,11H,6-7H2,1-5H3,(H,29,33)/b28-11+. The number of aromatic nitrogens is 2. The Bertz CT molecular complexity index is 1230. The highest BCUT2D eigenvalue weighted by molar-refractivity contribution is 8.45. The van der Waals surface area contributed by atoms with Crippen molar-refractivity contribution in [1.29, 1.82) is 5.26 Å². The Labute approximate surface area is 215 Å². The molecular formula is C19H23Cl2F5N6O2SSi. The predicted molar refractivity (Wildman–Crippen MR) is 135 cm³/mol. The monoisotopic (exact) mass is 592 g/mol. The minimum Gasteiger partial charge on any atom is -0.450 e. The first-order chi connectivity index (χ1) is 16.1. The second-order valence-electron chi connectivity index (χ2n) is 9.06. The summed E-state index contributed by atoms with van der Waals surface area (Å²) in [4.78, 5) is 15.7. The summed E-state index contributed by atoms with van der Waals surface area (Å²) in [7, 11) is -8.43. The van der Waals surface area contributed by atoms with Gasteiger partial charge in [0.25, 0.3) is 0 Å². The molecule has 17 heteroatoms. The molecule has 0 bridgehead atoms. The third kappa shape index (κ3) is 7.73. The predicted octanol–water partition coefficient (Wildman–Crippen LogP) is 7.82. The number of nitriles is 1. The first-order valence-corrected chi connectivity index (χ1v) is 16.5. The molecule has 2 rings (SSSR count). The van der Waals surface area contributed by atoms with E-state index in [0.717, 1.165) is 4.68 Å². The number of nitrogens with zero attached hydrogens (tertiary/aromatic N) is 5. The number of anilines is 1. The number of amides is 1. The zero-order chi connectivity index (χ0) is 27.8. The van der Waals surface area contributed by atoms with Gasteiger partial charge in [-0.2, -0.15) is 10.4 Å². The highest BCUT2D eigenvalue weighted by Gasteiger charge is 2.65. The summed E-state index contributed by atoms with van der Waals surface area (Å²) in [6, 6.07) is 2.41. The molecule has 1 aromatic carbocycles. The number of hydrogen-bond donors (Lipinski definition) is 1. The number of nitrogens with one attached hydrogen (secondary N) is 1. The summed E-state index contributed by atoms with van der Waals surface area (Å²) in [5.74, 6) is -0.272. The molecule has 0 aliphatic carbocycles. The molecule has 0 atom stereocenters. The van der Waals surface area contributed by atoms with E-state index in [1.165, 1.54) is 11.2 Å². The number of hydrogen-bond acceptors (Lipinski definition) is 5. The highest BCUT2D eigenvalue weighted by atomic mass is 35.5. The molecule has 0 saturated carbocycles. The van der Waals surface area contributed by atoms with Crippen molar-refractivity contribution in [2.75, 3.05) is 26.0 Å². The highest BCUT2D eigenvalue weighted by Crippen LogP contribution is 3.02. The SMILES string of the molecule is CN(C)/C=N/c1c(NC(=O)OCC[Si](C)(C)C)c(C#N)nn1-c1c(Cl)cc(S(F)(F)(F)(F)F)cc1Cl. The van der Waals surface area contributed by atoms with Gasteiger partial charge in [-0.05, 0) is 18.2 Å². The van der Waals surface area contributed by atoms with Crippen LogP contribution in [0.5, 0.6) is 0 Å². The Hall–Kier alpha value is -2.54. The van der Waals surface area contributed by atoms with Gasteiger partial charge in [-0.15, -0.1) is 0 Å². The molecule has 0 radical (unpaired) electrons. The van der Waals surface area contributed by atoms with Gasteiger partial charge >= 0.3 is 16.3 Å². The van der Waals surface area contributed by atoms with Gasteiger partial charge in [0.1, 0.15) is 22.3 Å². The van der Waals surface area contributed by atoms with Gasteiger partial charge in [-0.3, -0.25) is 5.32 Å². The third-order valence-corrected chi connectivity index (χ3v) is 7.74. The fourth-order valence-electron chi connectivity index (χ4n) is 2.60. The lowest BCUT2D eigenvalue weighted by atomic mass is 10.3. The summed E-state index contributed by atoms with van der Waals surface area (Å²) in [5, 5.41) is 14.1. The molecular weight excluding hydrogens is 570 g/mol. The molecule has 1 N–H and O–H groups in total. The zero-order valence-corrected chi connectivity index (χ0v) is 23.1. The third-order valence-electron chi connectivity index (χ3n) is 4.34. The van der Waals surface area contributed by atoms with Crippen molar-refractivity contribution in [2.45, 2.75) is 30.6 Å². The maximum atomic E-state index is 13.3. The summed E-state index contributed by atoms with van der Waals surface area (Å²) in [6.45, 7) is 6.35. The van der Waals surface area contributed by atoms with Gasteiger partial charge in [0.2, 0.25) is 0 Å². The largest absolute Gasteiger partial charge is 0.450 e. The first kappa shape index (κ1) is 29.7. The lowest BCUT2D eigenvalue weighted by Gasteiger charge is -2.40. The second kappa shape index (κ2) is 9.40. The van der Waals surface area contributed by atoms with Gasteiger partial charge in [0, 0.05) is 22.2 Å². The number of carbonyl (C=O) groups excluding carboxylic acids is 1. The molecule has 8 nitrogen and oxygen atoms in total. The van der Waals surface area contributed by atoms with Crippen molar-refractivity contribution < 1.29 is 29.0 Å². The van der Waals surface area contributed by atoms with Gasteiger partial charge < -0.3 is 9.64 Å². The fraction of sp³-hybridized carbons (Fsp3) is 0.368. The van der Waals surface area contributed by atoms with Crippen LogP contribution in [0.4, 0.5) is 35.7 Å². The van der Waals surface area contributed by atoms with Crippen LogP contribution in [-0.2, 0) is 4.74 Å². The van der Waals surface area contributed by atoms with E-state index in [9.17, 15) is 29.5 Å². The van der Waals surface area contributed by atoms with Gasteiger partial charge in [-0.25, -0.2) is 14.5 Å². The summed E-state index contributed by atoms with van der Waals surface area (Å²) < 4.78 is 72.4. The van der Waals surface area contributed by atoms with Crippen molar-refractivity contribution in [3.05, 3.63) is 27.9 Å². The fourth-order valence-corrected chi connectivity index (χ4v) is 4.78. The van der Waals surface area contributed by atoms with Gasteiger partial charge in [-0.1, -0.05) is 62.3 Å². The number of halogens is 7. The molecule has 2 aromatic rings. The van der Waals surface area contributed by atoms with Gasteiger partial charge in [0.15, 0.2) is 11.5 Å². The number of ether oxygens (including phenoxy) is 1. The van der Waals surface area contributed by atoms with Crippen molar-refractivity contribution >= 4 is 65.4 Å². The van der Waals surface area contributed by atoms with Gasteiger partial charge in [0.05, 0.1) is 23.0 Å². The van der Waals surface area contributed by atoms with Crippen molar-refractivity contribution in [2.24, 2.45) is 4.99 Å². The number of rotatable bonds is 8. The minimum atomic E-state index is -10.1. The molecule has 200 valence electrons. The Morgan fingerprint density at radius 3 is 2.25 bits per heavy atom. The van der Waals surface area contributed by atoms with Crippen LogP contribution in [-0.4, -0.2) is 55.9 Å². The normalized spacial score (nSPS) is 14.2. The molecule has 0 saturated heterocycles. The smallest absolute Gasteiger partial charge is 0.411 e.